The minimum absolute atomic E-state index is 0.116. The molecule has 0 radical (unpaired) electrons. The first-order valence-corrected chi connectivity index (χ1v) is 7.36. The smallest absolute Gasteiger partial charge is 0.270 e. The van der Waals surface area contributed by atoms with Gasteiger partial charge in [-0.05, 0) is 30.2 Å². The quantitative estimate of drug-likeness (QED) is 0.920. The fraction of sp³-hybridized carbons (Fsp3) is 0.333. The van der Waals surface area contributed by atoms with Crippen LogP contribution in [0.1, 0.15) is 24.3 Å². The molecule has 0 saturated heterocycles. The van der Waals surface area contributed by atoms with E-state index in [1.165, 1.54) is 11.3 Å². The van der Waals surface area contributed by atoms with Gasteiger partial charge in [0.05, 0.1) is 7.11 Å². The molecule has 0 bridgehead atoms. The third kappa shape index (κ3) is 3.57. The topological polar surface area (TPSA) is 51.2 Å². The second-order valence-corrected chi connectivity index (χ2v) is 5.73. The van der Waals surface area contributed by atoms with Gasteiger partial charge >= 0.3 is 0 Å². The van der Waals surface area contributed by atoms with Gasteiger partial charge in [0.15, 0.2) is 0 Å². The van der Waals surface area contributed by atoms with E-state index in [1.54, 1.807) is 12.5 Å². The molecule has 1 aromatic heterocycles. The van der Waals surface area contributed by atoms with Gasteiger partial charge in [0, 0.05) is 17.5 Å². The summed E-state index contributed by atoms with van der Waals surface area (Å²) in [5, 5.41) is 5.49. The van der Waals surface area contributed by atoms with Gasteiger partial charge in [-0.2, -0.15) is 0 Å². The molecule has 1 amide bonds. The lowest BCUT2D eigenvalue weighted by Crippen LogP contribution is -2.27. The number of benzene rings is 1. The summed E-state index contributed by atoms with van der Waals surface area (Å²) in [6.45, 7) is 4.78. The molecule has 106 valence electrons. The zero-order chi connectivity index (χ0) is 14.5. The maximum atomic E-state index is 11.9. The zero-order valence-corrected chi connectivity index (χ0v) is 12.7. The molecule has 0 unspecified atom stereocenters. The minimum Gasteiger partial charge on any atom is -0.497 e. The normalized spacial score (nSPS) is 10.6. The van der Waals surface area contributed by atoms with Crippen molar-refractivity contribution in [2.45, 2.75) is 13.8 Å². The summed E-state index contributed by atoms with van der Waals surface area (Å²) >= 11 is 1.47. The van der Waals surface area contributed by atoms with Crippen LogP contribution in [0.2, 0.25) is 0 Å². The van der Waals surface area contributed by atoms with Gasteiger partial charge in [0.1, 0.15) is 16.5 Å². The number of carbonyl (C=O) groups is 1. The van der Waals surface area contributed by atoms with Crippen molar-refractivity contribution in [3.63, 3.8) is 0 Å². The Morgan fingerprint density at radius 2 is 2.05 bits per heavy atom. The summed E-state index contributed by atoms with van der Waals surface area (Å²) in [6, 6.07) is 7.64. The molecular formula is C15H18N2O2S. The number of methoxy groups -OCH3 is 1. The first-order valence-electron chi connectivity index (χ1n) is 6.48. The van der Waals surface area contributed by atoms with Crippen molar-refractivity contribution >= 4 is 17.2 Å². The average molecular weight is 290 g/mol. The monoisotopic (exact) mass is 290 g/mol. The van der Waals surface area contributed by atoms with Crippen LogP contribution in [-0.4, -0.2) is 24.5 Å². The minimum atomic E-state index is -0.116. The Morgan fingerprint density at radius 1 is 1.35 bits per heavy atom. The van der Waals surface area contributed by atoms with Gasteiger partial charge in [0.2, 0.25) is 0 Å². The molecule has 1 heterocycles. The van der Waals surface area contributed by atoms with Crippen molar-refractivity contribution in [3.8, 4) is 16.3 Å². The zero-order valence-electron chi connectivity index (χ0n) is 11.8. The second-order valence-electron chi connectivity index (χ2n) is 4.87. The van der Waals surface area contributed by atoms with Gasteiger partial charge in [-0.1, -0.05) is 13.8 Å². The lowest BCUT2D eigenvalue weighted by molar-refractivity contribution is 0.0945. The van der Waals surface area contributed by atoms with Gasteiger partial charge in [-0.25, -0.2) is 4.98 Å². The van der Waals surface area contributed by atoms with Crippen LogP contribution in [0.5, 0.6) is 5.75 Å². The number of rotatable bonds is 5. The summed E-state index contributed by atoms with van der Waals surface area (Å²) in [6.07, 6.45) is 0. The second kappa shape index (κ2) is 6.52. The Balaban J connectivity index is 2.09. The molecular weight excluding hydrogens is 272 g/mol. The molecule has 0 spiro atoms. The molecule has 20 heavy (non-hydrogen) atoms. The lowest BCUT2D eigenvalue weighted by Gasteiger charge is -2.05. The number of amides is 1. The molecule has 0 atom stereocenters. The largest absolute Gasteiger partial charge is 0.497 e. The number of nitrogens with zero attached hydrogens (tertiary/aromatic N) is 1. The first kappa shape index (κ1) is 14.5. The molecule has 0 fully saturated rings. The van der Waals surface area contributed by atoms with Gasteiger partial charge in [-0.3, -0.25) is 4.79 Å². The molecule has 0 aliphatic carbocycles. The Morgan fingerprint density at radius 3 is 2.65 bits per heavy atom. The van der Waals surface area contributed by atoms with E-state index in [0.29, 0.717) is 18.2 Å². The van der Waals surface area contributed by atoms with E-state index in [0.717, 1.165) is 16.3 Å². The predicted octanol–water partition coefficient (Wildman–Crippen LogP) is 3.20. The van der Waals surface area contributed by atoms with Crippen LogP contribution in [-0.2, 0) is 0 Å². The Bertz CT molecular complexity index is 576. The number of aromatic nitrogens is 1. The SMILES string of the molecule is COc1ccc(-c2nc(C(=O)NCC(C)C)cs2)cc1. The van der Waals surface area contributed by atoms with Gasteiger partial charge < -0.3 is 10.1 Å². The lowest BCUT2D eigenvalue weighted by atomic mass is 10.2. The number of hydrogen-bond donors (Lipinski definition) is 1. The van der Waals surface area contributed by atoms with E-state index >= 15 is 0 Å². The third-order valence-corrected chi connectivity index (χ3v) is 3.64. The van der Waals surface area contributed by atoms with E-state index < -0.39 is 0 Å². The molecule has 0 aliphatic heterocycles. The van der Waals surface area contributed by atoms with Gasteiger partial charge in [-0.15, -0.1) is 11.3 Å². The van der Waals surface area contributed by atoms with Crippen LogP contribution in [0, 0.1) is 5.92 Å². The third-order valence-electron chi connectivity index (χ3n) is 2.74. The van der Waals surface area contributed by atoms with Crippen LogP contribution in [0.25, 0.3) is 10.6 Å². The number of ether oxygens (including phenoxy) is 1. The van der Waals surface area contributed by atoms with E-state index in [-0.39, 0.29) is 5.91 Å². The predicted molar refractivity (Wildman–Crippen MR) is 81.3 cm³/mol. The number of hydrogen-bond acceptors (Lipinski definition) is 4. The van der Waals surface area contributed by atoms with Crippen molar-refractivity contribution in [2.75, 3.05) is 13.7 Å². The summed E-state index contributed by atoms with van der Waals surface area (Å²) < 4.78 is 5.12. The van der Waals surface area contributed by atoms with Crippen LogP contribution in [0.3, 0.4) is 0 Å². The fourth-order valence-corrected chi connectivity index (χ4v) is 2.44. The maximum absolute atomic E-state index is 11.9. The highest BCUT2D eigenvalue weighted by Crippen LogP contribution is 2.25. The van der Waals surface area contributed by atoms with Crippen LogP contribution in [0.4, 0.5) is 0 Å². The van der Waals surface area contributed by atoms with Crippen LogP contribution >= 0.6 is 11.3 Å². The van der Waals surface area contributed by atoms with E-state index in [1.807, 2.05) is 24.3 Å². The molecule has 0 saturated carbocycles. The Hall–Kier alpha value is -1.88. The molecule has 1 aromatic carbocycles. The standard InChI is InChI=1S/C15H18N2O2S/c1-10(2)8-16-14(18)13-9-20-15(17-13)11-4-6-12(19-3)7-5-11/h4-7,9-10H,8H2,1-3H3,(H,16,18). The molecule has 2 rings (SSSR count). The highest BCUT2D eigenvalue weighted by molar-refractivity contribution is 7.13. The summed E-state index contributed by atoms with van der Waals surface area (Å²) in [4.78, 5) is 16.3. The summed E-state index contributed by atoms with van der Waals surface area (Å²) in [7, 11) is 1.63. The fourth-order valence-electron chi connectivity index (χ4n) is 1.63. The summed E-state index contributed by atoms with van der Waals surface area (Å²) in [5.74, 6) is 1.12. The highest BCUT2D eigenvalue weighted by atomic mass is 32.1. The number of nitrogens with one attached hydrogen (secondary N) is 1. The van der Waals surface area contributed by atoms with Crippen molar-refractivity contribution in [2.24, 2.45) is 5.92 Å². The Kier molecular flexibility index (Phi) is 4.74. The van der Waals surface area contributed by atoms with Crippen LogP contribution < -0.4 is 10.1 Å². The van der Waals surface area contributed by atoms with E-state index in [4.69, 9.17) is 4.74 Å². The first-order chi connectivity index (χ1) is 9.60. The van der Waals surface area contributed by atoms with Crippen molar-refractivity contribution in [1.29, 1.82) is 0 Å². The van der Waals surface area contributed by atoms with Crippen molar-refractivity contribution in [1.82, 2.24) is 10.3 Å². The highest BCUT2D eigenvalue weighted by Gasteiger charge is 2.11. The molecule has 1 N–H and O–H groups in total. The Labute approximate surface area is 122 Å². The average Bonchev–Trinajstić information content (AvgIpc) is 2.94. The van der Waals surface area contributed by atoms with E-state index in [2.05, 4.69) is 24.1 Å². The maximum Gasteiger partial charge on any atom is 0.270 e. The van der Waals surface area contributed by atoms with E-state index in [9.17, 15) is 4.79 Å². The van der Waals surface area contributed by atoms with Crippen molar-refractivity contribution in [3.05, 3.63) is 35.3 Å². The van der Waals surface area contributed by atoms with Gasteiger partial charge in [0.25, 0.3) is 5.91 Å². The molecule has 2 aromatic rings. The molecule has 5 heteroatoms. The molecule has 0 aliphatic rings. The van der Waals surface area contributed by atoms with Crippen molar-refractivity contribution < 1.29 is 9.53 Å². The number of carbonyl (C=O) groups excluding carboxylic acids is 1. The number of thiazole rings is 1. The van der Waals surface area contributed by atoms with Crippen LogP contribution in [0.15, 0.2) is 29.6 Å². The molecule has 4 nitrogen and oxygen atoms in total. The summed E-state index contributed by atoms with van der Waals surface area (Å²) in [5.41, 5.74) is 1.46.